The van der Waals surface area contributed by atoms with E-state index in [9.17, 15) is 13.2 Å². The number of allylic oxidation sites excluding steroid dienone is 3. The molecule has 1 saturated heterocycles. The molecule has 2 aromatic rings. The molecule has 0 amide bonds. The summed E-state index contributed by atoms with van der Waals surface area (Å²) >= 11 is 0. The fourth-order valence-corrected chi connectivity index (χ4v) is 5.42. The lowest BCUT2D eigenvalue weighted by atomic mass is 9.92. The highest BCUT2D eigenvalue weighted by Crippen LogP contribution is 2.40. The Morgan fingerprint density at radius 2 is 1.92 bits per heavy atom. The number of anilines is 2. The van der Waals surface area contributed by atoms with Crippen molar-refractivity contribution in [3.63, 3.8) is 0 Å². The van der Waals surface area contributed by atoms with Crippen molar-refractivity contribution in [2.24, 2.45) is 11.8 Å². The van der Waals surface area contributed by atoms with Gasteiger partial charge in [0, 0.05) is 49.6 Å². The van der Waals surface area contributed by atoms with Gasteiger partial charge in [0.2, 0.25) is 5.95 Å². The standard InChI is InChI=1S/C25H30F3N7O/c1-4-18(26)21(28)20(27)15(3)23-24-32-25(33-35(24)8-5-9-36-23)31-22-16-6-7-17(22)12-34(11-16)19-10-14(2)29-13-30-19/h4,10,13,16-17,22-23H,3,5-9,11-12H2,1-2H3,(H,31,33)/b18-4+,21-20-/t16-,17+,22?,23-/m1/s1. The lowest BCUT2D eigenvalue weighted by molar-refractivity contribution is 0.0779. The highest BCUT2D eigenvalue weighted by molar-refractivity contribution is 5.42. The molecule has 1 unspecified atom stereocenters. The summed E-state index contributed by atoms with van der Waals surface area (Å²) in [7, 11) is 0. The maximum Gasteiger partial charge on any atom is 0.242 e. The molecule has 2 aromatic heterocycles. The third-order valence-electron chi connectivity index (χ3n) is 7.23. The molecular weight excluding hydrogens is 471 g/mol. The number of aromatic nitrogens is 5. The van der Waals surface area contributed by atoms with Gasteiger partial charge in [0.25, 0.3) is 0 Å². The summed E-state index contributed by atoms with van der Waals surface area (Å²) in [6.45, 7) is 9.44. The van der Waals surface area contributed by atoms with Crippen molar-refractivity contribution in [1.82, 2.24) is 24.7 Å². The fraction of sp³-hybridized carbons (Fsp3) is 0.520. The van der Waals surface area contributed by atoms with Crippen LogP contribution >= 0.6 is 0 Å². The van der Waals surface area contributed by atoms with Crippen LogP contribution in [-0.4, -0.2) is 50.5 Å². The minimum absolute atomic E-state index is 0.191. The topological polar surface area (TPSA) is 81.0 Å². The Balaban J connectivity index is 1.34. The number of ether oxygens (including phenoxy) is 1. The van der Waals surface area contributed by atoms with E-state index < -0.39 is 23.6 Å². The summed E-state index contributed by atoms with van der Waals surface area (Å²) in [5.41, 5.74) is 0.620. The summed E-state index contributed by atoms with van der Waals surface area (Å²) < 4.78 is 49.9. The van der Waals surface area contributed by atoms with Gasteiger partial charge >= 0.3 is 0 Å². The summed E-state index contributed by atoms with van der Waals surface area (Å²) in [5, 5.41) is 8.11. The van der Waals surface area contributed by atoms with Crippen LogP contribution in [0.1, 0.15) is 43.8 Å². The minimum Gasteiger partial charge on any atom is -0.365 e. The van der Waals surface area contributed by atoms with E-state index in [0.29, 0.717) is 43.2 Å². The molecule has 1 N–H and O–H groups in total. The largest absolute Gasteiger partial charge is 0.365 e. The van der Waals surface area contributed by atoms with Gasteiger partial charge in [-0.15, -0.1) is 5.10 Å². The number of hydrogen-bond acceptors (Lipinski definition) is 7. The van der Waals surface area contributed by atoms with E-state index in [1.54, 1.807) is 11.0 Å². The molecule has 8 nitrogen and oxygen atoms in total. The van der Waals surface area contributed by atoms with Gasteiger partial charge < -0.3 is 15.0 Å². The molecule has 1 saturated carbocycles. The molecule has 4 heterocycles. The van der Waals surface area contributed by atoms with Crippen LogP contribution in [0.5, 0.6) is 0 Å². The Labute approximate surface area is 208 Å². The molecule has 2 fully saturated rings. The average Bonchev–Trinajstić information content (AvgIpc) is 3.28. The van der Waals surface area contributed by atoms with E-state index >= 15 is 0 Å². The van der Waals surface area contributed by atoms with Crippen molar-refractivity contribution in [2.45, 2.75) is 51.8 Å². The minimum atomic E-state index is -1.60. The van der Waals surface area contributed by atoms with Crippen LogP contribution < -0.4 is 10.2 Å². The number of nitrogens with zero attached hydrogens (tertiary/aromatic N) is 6. The number of halogens is 3. The molecule has 1 aliphatic carbocycles. The molecule has 2 aliphatic heterocycles. The number of fused-ring (bicyclic) bond motifs is 3. The number of piperidine rings is 1. The van der Waals surface area contributed by atoms with E-state index in [-0.39, 0.29) is 11.6 Å². The van der Waals surface area contributed by atoms with Crippen molar-refractivity contribution in [3.05, 3.63) is 59.6 Å². The van der Waals surface area contributed by atoms with Crippen LogP contribution in [0.3, 0.4) is 0 Å². The maximum atomic E-state index is 14.7. The molecule has 0 radical (unpaired) electrons. The van der Waals surface area contributed by atoms with Gasteiger partial charge in [0.05, 0.1) is 0 Å². The fourth-order valence-electron chi connectivity index (χ4n) is 5.42. The lowest BCUT2D eigenvalue weighted by Crippen LogP contribution is -2.48. The monoisotopic (exact) mass is 501 g/mol. The maximum absolute atomic E-state index is 14.7. The second kappa shape index (κ2) is 10.0. The molecule has 2 bridgehead atoms. The quantitative estimate of drug-likeness (QED) is 0.573. The predicted octanol–water partition coefficient (Wildman–Crippen LogP) is 4.74. The molecule has 0 aromatic carbocycles. The third-order valence-corrected chi connectivity index (χ3v) is 7.23. The Morgan fingerprint density at radius 3 is 2.61 bits per heavy atom. The molecule has 11 heteroatoms. The van der Waals surface area contributed by atoms with Gasteiger partial charge in [-0.25, -0.2) is 27.8 Å². The van der Waals surface area contributed by atoms with Gasteiger partial charge in [-0.2, -0.15) is 4.98 Å². The number of rotatable bonds is 6. The number of aryl methyl sites for hydroxylation is 2. The van der Waals surface area contributed by atoms with E-state index in [4.69, 9.17) is 4.74 Å². The number of hydrogen-bond donors (Lipinski definition) is 1. The predicted molar refractivity (Wildman–Crippen MR) is 129 cm³/mol. The van der Waals surface area contributed by atoms with Crippen LogP contribution in [-0.2, 0) is 11.3 Å². The van der Waals surface area contributed by atoms with Gasteiger partial charge in [-0.05, 0) is 51.0 Å². The molecule has 4 atom stereocenters. The van der Waals surface area contributed by atoms with E-state index in [0.717, 1.165) is 43.5 Å². The van der Waals surface area contributed by atoms with Gasteiger partial charge in [-0.1, -0.05) is 6.58 Å². The summed E-state index contributed by atoms with van der Waals surface area (Å²) in [4.78, 5) is 15.6. The summed E-state index contributed by atoms with van der Waals surface area (Å²) in [5.74, 6) is -1.79. The second-order valence-corrected chi connectivity index (χ2v) is 9.60. The second-order valence-electron chi connectivity index (χ2n) is 9.60. The zero-order valence-electron chi connectivity index (χ0n) is 20.4. The van der Waals surface area contributed by atoms with Gasteiger partial charge in [-0.3, -0.25) is 0 Å². The zero-order chi connectivity index (χ0) is 25.4. The summed E-state index contributed by atoms with van der Waals surface area (Å²) in [6.07, 6.45) is 4.19. The van der Waals surface area contributed by atoms with Crippen LogP contribution in [0, 0.1) is 18.8 Å². The Morgan fingerprint density at radius 1 is 1.17 bits per heavy atom. The molecular formula is C25H30F3N7O. The van der Waals surface area contributed by atoms with Crippen molar-refractivity contribution in [3.8, 4) is 0 Å². The first-order valence-corrected chi connectivity index (χ1v) is 12.3. The highest BCUT2D eigenvalue weighted by Gasteiger charge is 2.43. The van der Waals surface area contributed by atoms with Crippen LogP contribution in [0.15, 0.2) is 48.1 Å². The van der Waals surface area contributed by atoms with Gasteiger partial charge in [0.1, 0.15) is 18.2 Å². The Kier molecular flexibility index (Phi) is 6.83. The lowest BCUT2D eigenvalue weighted by Gasteiger charge is -2.38. The first-order chi connectivity index (χ1) is 17.4. The van der Waals surface area contributed by atoms with E-state index in [1.165, 1.54) is 6.92 Å². The molecule has 0 spiro atoms. The zero-order valence-corrected chi connectivity index (χ0v) is 20.4. The van der Waals surface area contributed by atoms with Crippen molar-refractivity contribution >= 4 is 11.8 Å². The SMILES string of the molecule is C=C(/C(F)=C(F)\C(F)=C/C)[C@H]1OCCCn2nc(NC3[C@@H]4CC[C@H]3CN(c3cc(C)ncn3)C4)nc21. The molecule has 36 heavy (non-hydrogen) atoms. The number of nitrogens with one attached hydrogen (secondary N) is 1. The van der Waals surface area contributed by atoms with Crippen molar-refractivity contribution in [1.29, 1.82) is 0 Å². The first-order valence-electron chi connectivity index (χ1n) is 12.3. The summed E-state index contributed by atoms with van der Waals surface area (Å²) in [6, 6.07) is 2.20. The normalized spacial score (nSPS) is 26.8. The van der Waals surface area contributed by atoms with Crippen molar-refractivity contribution in [2.75, 3.05) is 29.9 Å². The van der Waals surface area contributed by atoms with Crippen molar-refractivity contribution < 1.29 is 17.9 Å². The van der Waals surface area contributed by atoms with E-state index in [1.807, 2.05) is 13.0 Å². The molecule has 3 aliphatic rings. The van der Waals surface area contributed by atoms with Gasteiger partial charge in [0.15, 0.2) is 23.3 Å². The first kappa shape index (κ1) is 24.5. The Bertz CT molecular complexity index is 1200. The van der Waals surface area contributed by atoms with E-state index in [2.05, 4.69) is 36.8 Å². The highest BCUT2D eigenvalue weighted by atomic mass is 19.2. The average molecular weight is 502 g/mol. The molecule has 5 rings (SSSR count). The third kappa shape index (κ3) is 4.63. The van der Waals surface area contributed by atoms with Crippen LogP contribution in [0.2, 0.25) is 0 Å². The van der Waals surface area contributed by atoms with Crippen LogP contribution in [0.4, 0.5) is 24.9 Å². The molecule has 192 valence electrons. The van der Waals surface area contributed by atoms with Crippen LogP contribution in [0.25, 0.3) is 0 Å². The smallest absolute Gasteiger partial charge is 0.242 e. The Hall–Kier alpha value is -3.21.